The highest BCUT2D eigenvalue weighted by molar-refractivity contribution is 5.81. The number of nitrogens with zero attached hydrogens (tertiary/aromatic N) is 1. The van der Waals surface area contributed by atoms with E-state index in [1.807, 2.05) is 6.92 Å². The Morgan fingerprint density at radius 1 is 1.39 bits per heavy atom. The van der Waals surface area contributed by atoms with Crippen molar-refractivity contribution >= 4 is 16.9 Å². The molecular weight excluding hydrogens is 234 g/mol. The van der Waals surface area contributed by atoms with Crippen LogP contribution in [0.2, 0.25) is 0 Å². The number of hydrogen-bond acceptors (Lipinski definition) is 3. The first-order valence-electron chi connectivity index (χ1n) is 5.59. The Labute approximate surface area is 103 Å². The standard InChI is InChI=1S/C13H13NO4/c1-2-18-9-3-4-10-11(7-9)14(8-13(16)17)6-5-12(10)15/h3-7H,2,8H2,1H3,(H,16,17). The lowest BCUT2D eigenvalue weighted by molar-refractivity contribution is -0.137. The molecule has 18 heavy (non-hydrogen) atoms. The molecule has 0 saturated carbocycles. The summed E-state index contributed by atoms with van der Waals surface area (Å²) in [6, 6.07) is 6.41. The number of carboxylic acid groups (broad SMARTS) is 1. The van der Waals surface area contributed by atoms with Crippen molar-refractivity contribution in [3.8, 4) is 5.75 Å². The van der Waals surface area contributed by atoms with E-state index in [1.165, 1.54) is 16.8 Å². The van der Waals surface area contributed by atoms with Gasteiger partial charge in [0.15, 0.2) is 5.43 Å². The largest absolute Gasteiger partial charge is 0.494 e. The maximum absolute atomic E-state index is 11.7. The fraction of sp³-hybridized carbons (Fsp3) is 0.231. The van der Waals surface area contributed by atoms with Crippen molar-refractivity contribution in [1.82, 2.24) is 4.57 Å². The molecular formula is C13H13NO4. The number of aliphatic carboxylic acids is 1. The second kappa shape index (κ2) is 4.91. The second-order valence-corrected chi connectivity index (χ2v) is 3.81. The van der Waals surface area contributed by atoms with E-state index < -0.39 is 5.97 Å². The minimum absolute atomic E-state index is 0.130. The molecule has 2 rings (SSSR count). The number of hydrogen-bond donors (Lipinski definition) is 1. The zero-order valence-electron chi connectivity index (χ0n) is 9.92. The number of rotatable bonds is 4. The molecule has 0 fully saturated rings. The monoisotopic (exact) mass is 247 g/mol. The Morgan fingerprint density at radius 2 is 2.17 bits per heavy atom. The quantitative estimate of drug-likeness (QED) is 0.888. The van der Waals surface area contributed by atoms with Crippen LogP contribution in [0.15, 0.2) is 35.3 Å². The zero-order chi connectivity index (χ0) is 13.1. The molecule has 0 atom stereocenters. The molecule has 94 valence electrons. The molecule has 0 unspecified atom stereocenters. The van der Waals surface area contributed by atoms with Crippen molar-refractivity contribution < 1.29 is 14.6 Å². The fourth-order valence-corrected chi connectivity index (χ4v) is 1.83. The molecule has 0 aliphatic rings. The summed E-state index contributed by atoms with van der Waals surface area (Å²) in [6.45, 7) is 2.19. The van der Waals surface area contributed by atoms with Gasteiger partial charge in [-0.2, -0.15) is 0 Å². The van der Waals surface area contributed by atoms with Gasteiger partial charge in [-0.15, -0.1) is 0 Å². The molecule has 5 nitrogen and oxygen atoms in total. The molecule has 5 heteroatoms. The number of fused-ring (bicyclic) bond motifs is 1. The number of ether oxygens (including phenoxy) is 1. The lowest BCUT2D eigenvalue weighted by Gasteiger charge is -2.10. The van der Waals surface area contributed by atoms with Gasteiger partial charge < -0.3 is 14.4 Å². The Morgan fingerprint density at radius 3 is 2.83 bits per heavy atom. The van der Waals surface area contributed by atoms with Crippen LogP contribution in [0.1, 0.15) is 6.92 Å². The van der Waals surface area contributed by atoms with Crippen LogP contribution in [0.3, 0.4) is 0 Å². The first-order chi connectivity index (χ1) is 8.61. The molecule has 1 N–H and O–H groups in total. The Hall–Kier alpha value is -2.30. The zero-order valence-corrected chi connectivity index (χ0v) is 9.92. The summed E-state index contributed by atoms with van der Waals surface area (Å²) in [4.78, 5) is 22.5. The minimum atomic E-state index is -0.957. The first kappa shape index (κ1) is 12.2. The predicted octanol–water partition coefficient (Wildman–Crippen LogP) is 1.48. The Balaban J connectivity index is 2.63. The molecule has 0 aliphatic carbocycles. The van der Waals surface area contributed by atoms with Crippen LogP contribution in [-0.4, -0.2) is 22.2 Å². The van der Waals surface area contributed by atoms with E-state index in [2.05, 4.69) is 0 Å². The molecule has 1 heterocycles. The molecule has 0 aliphatic heterocycles. The predicted molar refractivity (Wildman–Crippen MR) is 67.0 cm³/mol. The molecule has 2 aromatic rings. The van der Waals surface area contributed by atoms with Gasteiger partial charge in [-0.05, 0) is 19.1 Å². The summed E-state index contributed by atoms with van der Waals surface area (Å²) >= 11 is 0. The summed E-state index contributed by atoms with van der Waals surface area (Å²) in [5, 5.41) is 9.33. The topological polar surface area (TPSA) is 68.5 Å². The average molecular weight is 247 g/mol. The smallest absolute Gasteiger partial charge is 0.323 e. The van der Waals surface area contributed by atoms with Crippen LogP contribution in [-0.2, 0) is 11.3 Å². The van der Waals surface area contributed by atoms with E-state index >= 15 is 0 Å². The first-order valence-corrected chi connectivity index (χ1v) is 5.59. The van der Waals surface area contributed by atoms with Crippen LogP contribution in [0.5, 0.6) is 5.75 Å². The number of pyridine rings is 1. The van der Waals surface area contributed by atoms with E-state index in [4.69, 9.17) is 9.84 Å². The number of carboxylic acids is 1. The van der Waals surface area contributed by atoms with Crippen LogP contribution in [0.4, 0.5) is 0 Å². The number of benzene rings is 1. The van der Waals surface area contributed by atoms with Gasteiger partial charge >= 0.3 is 5.97 Å². The van der Waals surface area contributed by atoms with Crippen molar-refractivity contribution in [3.63, 3.8) is 0 Å². The lowest BCUT2D eigenvalue weighted by Crippen LogP contribution is -2.13. The van der Waals surface area contributed by atoms with E-state index in [1.54, 1.807) is 18.2 Å². The fourth-order valence-electron chi connectivity index (χ4n) is 1.83. The van der Waals surface area contributed by atoms with Crippen molar-refractivity contribution in [1.29, 1.82) is 0 Å². The van der Waals surface area contributed by atoms with Crippen LogP contribution < -0.4 is 10.2 Å². The average Bonchev–Trinajstić information content (AvgIpc) is 2.33. The van der Waals surface area contributed by atoms with Crippen LogP contribution in [0, 0.1) is 0 Å². The summed E-state index contributed by atoms with van der Waals surface area (Å²) < 4.78 is 6.87. The second-order valence-electron chi connectivity index (χ2n) is 3.81. The third-order valence-electron chi connectivity index (χ3n) is 2.57. The van der Waals surface area contributed by atoms with Gasteiger partial charge in [0, 0.05) is 23.7 Å². The highest BCUT2D eigenvalue weighted by Crippen LogP contribution is 2.18. The number of carbonyl (C=O) groups is 1. The van der Waals surface area contributed by atoms with Gasteiger partial charge in [0.05, 0.1) is 12.1 Å². The molecule has 0 saturated heterocycles. The van der Waals surface area contributed by atoms with E-state index in [9.17, 15) is 9.59 Å². The highest BCUT2D eigenvalue weighted by atomic mass is 16.5. The number of aromatic nitrogens is 1. The van der Waals surface area contributed by atoms with Crippen molar-refractivity contribution in [2.24, 2.45) is 0 Å². The van der Waals surface area contributed by atoms with Crippen molar-refractivity contribution in [2.75, 3.05) is 6.61 Å². The van der Waals surface area contributed by atoms with Gasteiger partial charge in [0.2, 0.25) is 0 Å². The summed E-state index contributed by atoms with van der Waals surface area (Å²) in [5.74, 6) is -0.337. The summed E-state index contributed by atoms with van der Waals surface area (Å²) in [5.41, 5.74) is 0.436. The molecule has 0 spiro atoms. The van der Waals surface area contributed by atoms with E-state index in [0.29, 0.717) is 23.3 Å². The van der Waals surface area contributed by atoms with Gasteiger partial charge in [-0.25, -0.2) is 0 Å². The SMILES string of the molecule is CCOc1ccc2c(=O)ccn(CC(=O)O)c2c1. The van der Waals surface area contributed by atoms with E-state index in [-0.39, 0.29) is 12.0 Å². The van der Waals surface area contributed by atoms with Gasteiger partial charge in [0.25, 0.3) is 0 Å². The van der Waals surface area contributed by atoms with Gasteiger partial charge in [0.1, 0.15) is 12.3 Å². The normalized spacial score (nSPS) is 10.5. The maximum atomic E-state index is 11.7. The molecule has 0 radical (unpaired) electrons. The van der Waals surface area contributed by atoms with Gasteiger partial charge in [-0.1, -0.05) is 0 Å². The molecule has 1 aromatic carbocycles. The van der Waals surface area contributed by atoms with E-state index in [0.717, 1.165) is 0 Å². The highest BCUT2D eigenvalue weighted by Gasteiger charge is 2.07. The van der Waals surface area contributed by atoms with Crippen LogP contribution in [0.25, 0.3) is 10.9 Å². The summed E-state index contributed by atoms with van der Waals surface area (Å²) in [7, 11) is 0. The Bertz CT molecular complexity index is 645. The van der Waals surface area contributed by atoms with Crippen LogP contribution >= 0.6 is 0 Å². The van der Waals surface area contributed by atoms with Gasteiger partial charge in [-0.3, -0.25) is 9.59 Å². The molecule has 0 amide bonds. The third-order valence-corrected chi connectivity index (χ3v) is 2.57. The maximum Gasteiger partial charge on any atom is 0.323 e. The van der Waals surface area contributed by atoms with Crippen molar-refractivity contribution in [2.45, 2.75) is 13.5 Å². The Kier molecular flexibility index (Phi) is 3.32. The molecule has 1 aromatic heterocycles. The summed E-state index contributed by atoms with van der Waals surface area (Å²) in [6.07, 6.45) is 1.48. The van der Waals surface area contributed by atoms with Crippen molar-refractivity contribution in [3.05, 3.63) is 40.7 Å². The lowest BCUT2D eigenvalue weighted by atomic mass is 10.2. The minimum Gasteiger partial charge on any atom is -0.494 e. The molecule has 0 bridgehead atoms. The third kappa shape index (κ3) is 2.34.